The van der Waals surface area contributed by atoms with Crippen molar-refractivity contribution in [3.8, 4) is 0 Å². The Kier molecular flexibility index (Phi) is 1.25. The zero-order valence-corrected chi connectivity index (χ0v) is 5.91. The van der Waals surface area contributed by atoms with Crippen LogP contribution in [0.1, 0.15) is 19.3 Å². The number of hydrogen-bond donors (Lipinski definition) is 0. The molecule has 0 nitrogen and oxygen atoms in total. The molecular formula is C7H12S. The third kappa shape index (κ3) is 0.680. The highest BCUT2D eigenvalue weighted by Crippen LogP contribution is 2.41. The van der Waals surface area contributed by atoms with Crippen molar-refractivity contribution in [3.05, 3.63) is 0 Å². The molecule has 1 heteroatoms. The topological polar surface area (TPSA) is 0 Å². The predicted octanol–water partition coefficient (Wildman–Crippen LogP) is 2.15. The van der Waals surface area contributed by atoms with E-state index < -0.39 is 0 Å². The molecule has 2 atom stereocenters. The molecule has 0 spiro atoms. The van der Waals surface area contributed by atoms with E-state index in [0.717, 1.165) is 11.8 Å². The van der Waals surface area contributed by atoms with Crippen LogP contribution in [0.4, 0.5) is 0 Å². The minimum atomic E-state index is 1.14. The van der Waals surface area contributed by atoms with Crippen LogP contribution in [0.2, 0.25) is 0 Å². The lowest BCUT2D eigenvalue weighted by molar-refractivity contribution is 0.494. The van der Waals surface area contributed by atoms with Crippen LogP contribution < -0.4 is 0 Å². The normalized spacial score (nSPS) is 45.0. The minimum Gasteiger partial charge on any atom is -0.161 e. The summed E-state index contributed by atoms with van der Waals surface area (Å²) in [6.07, 6.45) is 4.60. The summed E-state index contributed by atoms with van der Waals surface area (Å²) in [6, 6.07) is 0. The fourth-order valence-corrected chi connectivity index (χ4v) is 3.54. The Balaban J connectivity index is 2.04. The molecule has 0 aromatic carbocycles. The average Bonchev–Trinajstić information content (AvgIpc) is 2.15. The summed E-state index contributed by atoms with van der Waals surface area (Å²) in [6.45, 7) is 0. The molecule has 0 N–H and O–H groups in total. The van der Waals surface area contributed by atoms with Crippen molar-refractivity contribution < 1.29 is 0 Å². The first-order chi connectivity index (χ1) is 3.97. The van der Waals surface area contributed by atoms with Gasteiger partial charge in [0.1, 0.15) is 0 Å². The van der Waals surface area contributed by atoms with E-state index in [1.165, 1.54) is 30.8 Å². The first-order valence-electron chi connectivity index (χ1n) is 3.54. The van der Waals surface area contributed by atoms with Gasteiger partial charge in [-0.2, -0.15) is 11.8 Å². The smallest absolute Gasteiger partial charge is 0.00361 e. The molecular weight excluding hydrogens is 116 g/mol. The van der Waals surface area contributed by atoms with E-state index in [1.807, 2.05) is 0 Å². The van der Waals surface area contributed by atoms with Crippen molar-refractivity contribution in [3.63, 3.8) is 0 Å². The molecule has 8 heavy (non-hydrogen) atoms. The lowest BCUT2D eigenvalue weighted by Gasteiger charge is -2.03. The molecule has 0 bridgehead atoms. The second kappa shape index (κ2) is 1.94. The zero-order valence-electron chi connectivity index (χ0n) is 5.10. The molecule has 1 saturated carbocycles. The summed E-state index contributed by atoms with van der Waals surface area (Å²) in [5.74, 6) is 5.23. The van der Waals surface area contributed by atoms with Gasteiger partial charge in [0.05, 0.1) is 0 Å². The van der Waals surface area contributed by atoms with Crippen LogP contribution in [-0.2, 0) is 0 Å². The zero-order chi connectivity index (χ0) is 5.40. The summed E-state index contributed by atoms with van der Waals surface area (Å²) in [7, 11) is 0. The molecule has 0 aromatic rings. The van der Waals surface area contributed by atoms with Gasteiger partial charge in [-0.15, -0.1) is 0 Å². The SMILES string of the molecule is C1C[C@H]2CSC[C@@H]2C1. The standard InChI is InChI=1S/C7H12S/c1-2-6-4-8-5-7(6)3-1/h6-7H,1-5H2/t6-,7-/m0/s1. The van der Waals surface area contributed by atoms with Crippen LogP contribution in [0.3, 0.4) is 0 Å². The maximum atomic E-state index is 2.17. The third-order valence-corrected chi connectivity index (χ3v) is 3.81. The van der Waals surface area contributed by atoms with Gasteiger partial charge in [-0.3, -0.25) is 0 Å². The molecule has 2 fully saturated rings. The molecule has 0 unspecified atom stereocenters. The van der Waals surface area contributed by atoms with Crippen molar-refractivity contribution in [2.24, 2.45) is 11.8 Å². The fourth-order valence-electron chi connectivity index (χ4n) is 1.92. The lowest BCUT2D eigenvalue weighted by atomic mass is 10.0. The van der Waals surface area contributed by atoms with Crippen LogP contribution in [0.25, 0.3) is 0 Å². The van der Waals surface area contributed by atoms with Crippen molar-refractivity contribution in [1.82, 2.24) is 0 Å². The molecule has 2 aliphatic rings. The summed E-state index contributed by atoms with van der Waals surface area (Å²) in [5.41, 5.74) is 0. The van der Waals surface area contributed by atoms with Crippen molar-refractivity contribution >= 4 is 11.8 Å². The fraction of sp³-hybridized carbons (Fsp3) is 1.00. The largest absolute Gasteiger partial charge is 0.161 e. The lowest BCUT2D eigenvalue weighted by Crippen LogP contribution is -2.01. The van der Waals surface area contributed by atoms with E-state index in [4.69, 9.17) is 0 Å². The van der Waals surface area contributed by atoms with Crippen molar-refractivity contribution in [2.75, 3.05) is 11.5 Å². The van der Waals surface area contributed by atoms with E-state index >= 15 is 0 Å². The maximum Gasteiger partial charge on any atom is -0.00361 e. The van der Waals surface area contributed by atoms with Gasteiger partial charge in [0.15, 0.2) is 0 Å². The highest BCUT2D eigenvalue weighted by atomic mass is 32.2. The number of fused-ring (bicyclic) bond motifs is 1. The number of hydrogen-bond acceptors (Lipinski definition) is 1. The molecule has 46 valence electrons. The van der Waals surface area contributed by atoms with Crippen LogP contribution in [0.15, 0.2) is 0 Å². The van der Waals surface area contributed by atoms with Crippen molar-refractivity contribution in [1.29, 1.82) is 0 Å². The monoisotopic (exact) mass is 128 g/mol. The van der Waals surface area contributed by atoms with Crippen molar-refractivity contribution in [2.45, 2.75) is 19.3 Å². The van der Waals surface area contributed by atoms with Gasteiger partial charge in [-0.05, 0) is 36.2 Å². The number of rotatable bonds is 0. The Morgan fingerprint density at radius 2 is 1.62 bits per heavy atom. The van der Waals surface area contributed by atoms with Crippen LogP contribution in [0, 0.1) is 11.8 Å². The highest BCUT2D eigenvalue weighted by Gasteiger charge is 2.31. The predicted molar refractivity (Wildman–Crippen MR) is 38.2 cm³/mol. The van der Waals surface area contributed by atoms with Crippen LogP contribution >= 0.6 is 11.8 Å². The quantitative estimate of drug-likeness (QED) is 0.481. The summed E-state index contributed by atoms with van der Waals surface area (Å²) in [5, 5.41) is 0. The summed E-state index contributed by atoms with van der Waals surface area (Å²) < 4.78 is 0. The molecule has 1 aliphatic heterocycles. The van der Waals surface area contributed by atoms with E-state index in [9.17, 15) is 0 Å². The summed E-state index contributed by atoms with van der Waals surface area (Å²) >= 11 is 2.17. The molecule has 0 amide bonds. The Bertz CT molecular complexity index is 70.4. The Labute approximate surface area is 55.0 Å². The van der Waals surface area contributed by atoms with Gasteiger partial charge >= 0.3 is 0 Å². The van der Waals surface area contributed by atoms with Gasteiger partial charge in [-0.25, -0.2) is 0 Å². The van der Waals surface area contributed by atoms with E-state index in [1.54, 1.807) is 0 Å². The first-order valence-corrected chi connectivity index (χ1v) is 4.70. The van der Waals surface area contributed by atoms with Gasteiger partial charge in [0, 0.05) is 0 Å². The van der Waals surface area contributed by atoms with Gasteiger partial charge in [-0.1, -0.05) is 6.42 Å². The Morgan fingerprint density at radius 3 is 2.25 bits per heavy atom. The Hall–Kier alpha value is 0.350. The maximum absolute atomic E-state index is 2.17. The van der Waals surface area contributed by atoms with Crippen LogP contribution in [0.5, 0.6) is 0 Å². The third-order valence-electron chi connectivity index (χ3n) is 2.48. The summed E-state index contributed by atoms with van der Waals surface area (Å²) in [4.78, 5) is 0. The number of thioether (sulfide) groups is 1. The first kappa shape index (κ1) is 5.16. The molecule has 1 aliphatic carbocycles. The van der Waals surface area contributed by atoms with Gasteiger partial charge in [0.2, 0.25) is 0 Å². The van der Waals surface area contributed by atoms with E-state index in [-0.39, 0.29) is 0 Å². The molecule has 0 radical (unpaired) electrons. The molecule has 0 aromatic heterocycles. The van der Waals surface area contributed by atoms with Crippen LogP contribution in [-0.4, -0.2) is 11.5 Å². The highest BCUT2D eigenvalue weighted by molar-refractivity contribution is 7.99. The molecule has 1 heterocycles. The molecule has 1 saturated heterocycles. The minimum absolute atomic E-state index is 1.14. The average molecular weight is 128 g/mol. The van der Waals surface area contributed by atoms with E-state index in [0.29, 0.717) is 0 Å². The Morgan fingerprint density at radius 1 is 1.00 bits per heavy atom. The van der Waals surface area contributed by atoms with E-state index in [2.05, 4.69) is 11.8 Å². The second-order valence-electron chi connectivity index (χ2n) is 2.99. The molecule has 2 rings (SSSR count). The van der Waals surface area contributed by atoms with Gasteiger partial charge < -0.3 is 0 Å². The second-order valence-corrected chi connectivity index (χ2v) is 4.06. The van der Waals surface area contributed by atoms with Gasteiger partial charge in [0.25, 0.3) is 0 Å².